The Bertz CT molecular complexity index is 639. The highest BCUT2D eigenvalue weighted by atomic mass is 32.1. The van der Waals surface area contributed by atoms with E-state index in [2.05, 4.69) is 4.98 Å². The summed E-state index contributed by atoms with van der Waals surface area (Å²) in [5.74, 6) is -0.223. The summed E-state index contributed by atoms with van der Waals surface area (Å²) in [5.41, 5.74) is 0. The largest absolute Gasteiger partial charge is 0.413 e. The van der Waals surface area contributed by atoms with Crippen LogP contribution >= 0.6 is 11.3 Å². The maximum atomic E-state index is 11.7. The number of rotatable bonds is 3. The fraction of sp³-hybridized carbons (Fsp3) is 0.0769. The molecule has 5 heteroatoms. The molecule has 1 aromatic carbocycles. The third-order valence-corrected chi connectivity index (χ3v) is 3.54. The Kier molecular flexibility index (Phi) is 2.82. The van der Waals surface area contributed by atoms with E-state index < -0.39 is 0 Å². The van der Waals surface area contributed by atoms with Gasteiger partial charge in [-0.05, 0) is 17.5 Å². The third kappa shape index (κ3) is 2.26. The zero-order chi connectivity index (χ0) is 12.4. The SMILES string of the molecule is O=C(Cc1cc2ccccc2s1)Oc1cnco1. The van der Waals surface area contributed by atoms with Crippen molar-refractivity contribution < 1.29 is 13.9 Å². The minimum Gasteiger partial charge on any atom is -0.413 e. The highest BCUT2D eigenvalue weighted by Crippen LogP contribution is 2.25. The van der Waals surface area contributed by atoms with Gasteiger partial charge >= 0.3 is 11.9 Å². The Morgan fingerprint density at radius 3 is 3.06 bits per heavy atom. The predicted octanol–water partition coefficient (Wildman–Crippen LogP) is 3.04. The number of hydrogen-bond acceptors (Lipinski definition) is 5. The van der Waals surface area contributed by atoms with Crippen molar-refractivity contribution in [1.82, 2.24) is 4.98 Å². The van der Waals surface area contributed by atoms with Crippen molar-refractivity contribution in [2.75, 3.05) is 0 Å². The van der Waals surface area contributed by atoms with Crippen LogP contribution in [0.4, 0.5) is 0 Å². The van der Waals surface area contributed by atoms with Crippen LogP contribution in [0, 0.1) is 0 Å². The standard InChI is InChI=1S/C13H9NO3S/c15-12(17-13-7-14-8-16-13)6-10-5-9-3-1-2-4-11(9)18-10/h1-5,7-8H,6H2. The van der Waals surface area contributed by atoms with E-state index in [4.69, 9.17) is 9.15 Å². The van der Waals surface area contributed by atoms with Crippen LogP contribution in [0.5, 0.6) is 5.95 Å². The monoisotopic (exact) mass is 259 g/mol. The Hall–Kier alpha value is -2.14. The van der Waals surface area contributed by atoms with Crippen molar-refractivity contribution in [3.63, 3.8) is 0 Å². The fourth-order valence-electron chi connectivity index (χ4n) is 1.67. The van der Waals surface area contributed by atoms with Gasteiger partial charge in [0, 0.05) is 9.58 Å². The van der Waals surface area contributed by atoms with E-state index >= 15 is 0 Å². The number of nitrogens with zero attached hydrogens (tertiary/aromatic N) is 1. The first-order chi connectivity index (χ1) is 8.81. The van der Waals surface area contributed by atoms with Crippen molar-refractivity contribution in [1.29, 1.82) is 0 Å². The maximum Gasteiger partial charge on any atom is 0.318 e. The number of hydrogen-bond donors (Lipinski definition) is 0. The van der Waals surface area contributed by atoms with Crippen LogP contribution in [0.2, 0.25) is 0 Å². The minimum atomic E-state index is -0.349. The highest BCUT2D eigenvalue weighted by molar-refractivity contribution is 7.19. The Balaban J connectivity index is 1.74. The lowest BCUT2D eigenvalue weighted by Gasteiger charge is -1.97. The molecule has 0 radical (unpaired) electrons. The summed E-state index contributed by atoms with van der Waals surface area (Å²) >= 11 is 1.59. The molecule has 0 saturated heterocycles. The molecule has 2 aromatic heterocycles. The van der Waals surface area contributed by atoms with E-state index in [9.17, 15) is 4.79 Å². The lowest BCUT2D eigenvalue weighted by atomic mass is 10.2. The summed E-state index contributed by atoms with van der Waals surface area (Å²) < 4.78 is 11.0. The molecule has 18 heavy (non-hydrogen) atoms. The van der Waals surface area contributed by atoms with Gasteiger partial charge in [-0.3, -0.25) is 4.79 Å². The van der Waals surface area contributed by atoms with Gasteiger partial charge in [-0.1, -0.05) is 18.2 Å². The first-order valence-electron chi connectivity index (χ1n) is 5.38. The van der Waals surface area contributed by atoms with E-state index in [1.165, 1.54) is 17.3 Å². The van der Waals surface area contributed by atoms with Crippen molar-refractivity contribution in [3.05, 3.63) is 47.8 Å². The number of benzene rings is 1. The van der Waals surface area contributed by atoms with Crippen LogP contribution in [0.1, 0.15) is 4.88 Å². The summed E-state index contributed by atoms with van der Waals surface area (Å²) in [4.78, 5) is 16.3. The quantitative estimate of drug-likeness (QED) is 0.678. The summed E-state index contributed by atoms with van der Waals surface area (Å²) in [7, 11) is 0. The van der Waals surface area contributed by atoms with Gasteiger partial charge in [-0.25, -0.2) is 4.98 Å². The second-order valence-corrected chi connectivity index (χ2v) is 4.89. The Labute approximate surface area is 107 Å². The molecule has 2 heterocycles. The summed E-state index contributed by atoms with van der Waals surface area (Å²) in [6.07, 6.45) is 2.82. The number of carbonyl (C=O) groups excluding carboxylic acids is 1. The van der Waals surface area contributed by atoms with Crippen LogP contribution in [0.25, 0.3) is 10.1 Å². The number of oxazole rings is 1. The average Bonchev–Trinajstić information content (AvgIpc) is 2.96. The molecule has 0 atom stereocenters. The summed E-state index contributed by atoms with van der Waals surface area (Å²) in [6, 6.07) is 10.0. The number of aromatic nitrogens is 1. The minimum absolute atomic E-state index is 0.126. The normalized spacial score (nSPS) is 10.7. The molecular weight excluding hydrogens is 250 g/mol. The smallest absolute Gasteiger partial charge is 0.318 e. The number of esters is 1. The number of fused-ring (bicyclic) bond motifs is 1. The lowest BCUT2D eigenvalue weighted by Crippen LogP contribution is -2.09. The molecule has 3 aromatic rings. The van der Waals surface area contributed by atoms with Crippen LogP contribution < -0.4 is 4.74 Å². The second kappa shape index (κ2) is 4.62. The number of thiophene rings is 1. The molecule has 0 fully saturated rings. The van der Waals surface area contributed by atoms with Gasteiger partial charge < -0.3 is 9.15 Å². The van der Waals surface area contributed by atoms with Crippen LogP contribution in [0.15, 0.2) is 47.3 Å². The Morgan fingerprint density at radius 2 is 2.28 bits per heavy atom. The number of carbonyl (C=O) groups is 1. The summed E-state index contributed by atoms with van der Waals surface area (Å²) in [6.45, 7) is 0. The molecule has 0 saturated carbocycles. The van der Waals surface area contributed by atoms with Gasteiger partial charge in [0.25, 0.3) is 0 Å². The molecule has 3 rings (SSSR count). The molecular formula is C13H9NO3S. The first kappa shape index (κ1) is 11.0. The van der Waals surface area contributed by atoms with Gasteiger partial charge in [0.1, 0.15) is 6.20 Å². The third-order valence-electron chi connectivity index (χ3n) is 2.42. The van der Waals surface area contributed by atoms with Gasteiger partial charge in [0.2, 0.25) is 0 Å². The molecule has 90 valence electrons. The molecule has 0 N–H and O–H groups in total. The molecule has 0 aliphatic heterocycles. The van der Waals surface area contributed by atoms with E-state index in [0.717, 1.165) is 10.3 Å². The molecule has 0 aliphatic rings. The second-order valence-electron chi connectivity index (χ2n) is 3.72. The van der Waals surface area contributed by atoms with E-state index in [1.54, 1.807) is 11.3 Å². The molecule has 0 aliphatic carbocycles. The van der Waals surface area contributed by atoms with Crippen LogP contribution in [0.3, 0.4) is 0 Å². The lowest BCUT2D eigenvalue weighted by molar-refractivity contribution is -0.134. The number of ether oxygens (including phenoxy) is 1. The van der Waals surface area contributed by atoms with Crippen molar-refractivity contribution in [2.45, 2.75) is 6.42 Å². The summed E-state index contributed by atoms with van der Waals surface area (Å²) in [5, 5.41) is 1.14. The van der Waals surface area contributed by atoms with Crippen molar-refractivity contribution in [2.24, 2.45) is 0 Å². The van der Waals surface area contributed by atoms with Gasteiger partial charge in [-0.15, -0.1) is 11.3 Å². The van der Waals surface area contributed by atoms with Gasteiger partial charge in [-0.2, -0.15) is 0 Å². The van der Waals surface area contributed by atoms with E-state index in [-0.39, 0.29) is 18.3 Å². The van der Waals surface area contributed by atoms with Crippen LogP contribution in [-0.4, -0.2) is 11.0 Å². The molecule has 0 spiro atoms. The van der Waals surface area contributed by atoms with E-state index in [0.29, 0.717) is 0 Å². The average molecular weight is 259 g/mol. The zero-order valence-electron chi connectivity index (χ0n) is 9.33. The molecule has 0 bridgehead atoms. The molecule has 0 unspecified atom stereocenters. The highest BCUT2D eigenvalue weighted by Gasteiger charge is 2.10. The fourth-order valence-corrected chi connectivity index (χ4v) is 2.72. The van der Waals surface area contributed by atoms with Crippen LogP contribution in [-0.2, 0) is 11.2 Å². The van der Waals surface area contributed by atoms with Gasteiger partial charge in [0.05, 0.1) is 6.42 Å². The van der Waals surface area contributed by atoms with Crippen molar-refractivity contribution >= 4 is 27.4 Å². The Morgan fingerprint density at radius 1 is 1.39 bits per heavy atom. The maximum absolute atomic E-state index is 11.7. The predicted molar refractivity (Wildman–Crippen MR) is 67.7 cm³/mol. The van der Waals surface area contributed by atoms with Gasteiger partial charge in [0.15, 0.2) is 6.39 Å². The molecule has 4 nitrogen and oxygen atoms in total. The van der Waals surface area contributed by atoms with E-state index in [1.807, 2.05) is 30.3 Å². The topological polar surface area (TPSA) is 52.3 Å². The molecule has 0 amide bonds. The first-order valence-corrected chi connectivity index (χ1v) is 6.19. The zero-order valence-corrected chi connectivity index (χ0v) is 10.1. The van der Waals surface area contributed by atoms with Crippen molar-refractivity contribution in [3.8, 4) is 5.95 Å².